The number of carbonyl (C=O) groups is 1. The summed E-state index contributed by atoms with van der Waals surface area (Å²) in [6.07, 6.45) is 9.63. The quantitative estimate of drug-likeness (QED) is 0.279. The van der Waals surface area contributed by atoms with E-state index in [4.69, 9.17) is 4.74 Å². The average molecular weight is 613 g/mol. The molecule has 6 atom stereocenters. The first-order chi connectivity index (χ1) is 16.1. The Morgan fingerprint density at radius 2 is 1.69 bits per heavy atom. The molecule has 1 aromatic rings. The van der Waals surface area contributed by atoms with Crippen LogP contribution in [0.4, 0.5) is 0 Å². The molecule has 8 heteroatoms. The van der Waals surface area contributed by atoms with Crippen LogP contribution in [0.1, 0.15) is 84.6 Å². The van der Waals surface area contributed by atoms with Crippen molar-refractivity contribution in [2.45, 2.75) is 84.7 Å². The first kappa shape index (κ1) is 36.3. The molecule has 2 saturated carbocycles. The molecule has 4 aliphatic carbocycles. The number of rotatable bonds is 2. The van der Waals surface area contributed by atoms with E-state index in [9.17, 15) is 14.3 Å². The first-order valence-electron chi connectivity index (χ1n) is 12.8. The summed E-state index contributed by atoms with van der Waals surface area (Å²) in [6, 6.07) is 7.81. The van der Waals surface area contributed by atoms with Gasteiger partial charge < -0.3 is 9.63 Å². The zero-order valence-electron chi connectivity index (χ0n) is 21.8. The molecule has 1 aliphatic heterocycles. The standard InChI is InChI=1S/C29H35O4P.2CH4.3H2S/c1-18-13-15-33-29(18)14-12-26-24-10-6-20-16-21(30)7-11-23(20)27(24)25(17-28(26,29)2)19-4-8-22(9-5-19)34(3,31)32;;;;;/h4-5,8-9,16,24-26H,1,6-7,10-15,17H2,2-3H3,(H,31,32);2*1H4;3*1H2/t24-,25+,26-,28-,29+;;;;;/m0...../s1. The summed E-state index contributed by atoms with van der Waals surface area (Å²) >= 11 is 0. The predicted molar refractivity (Wildman–Crippen MR) is 179 cm³/mol. The van der Waals surface area contributed by atoms with Crippen LogP contribution in [0.15, 0.2) is 59.2 Å². The van der Waals surface area contributed by atoms with Crippen molar-refractivity contribution in [2.75, 3.05) is 13.3 Å². The monoisotopic (exact) mass is 612 g/mol. The second-order valence-corrected chi connectivity index (χ2v) is 13.8. The average Bonchev–Trinajstić information content (AvgIpc) is 3.32. The summed E-state index contributed by atoms with van der Waals surface area (Å²) in [5.41, 5.74) is 6.51. The highest BCUT2D eigenvalue weighted by atomic mass is 32.1. The Morgan fingerprint density at radius 1 is 1.03 bits per heavy atom. The van der Waals surface area contributed by atoms with Gasteiger partial charge in [0.2, 0.25) is 7.37 Å². The van der Waals surface area contributed by atoms with Gasteiger partial charge in [0.05, 0.1) is 12.2 Å². The molecule has 4 nitrogen and oxygen atoms in total. The summed E-state index contributed by atoms with van der Waals surface area (Å²) < 4.78 is 18.8. The van der Waals surface area contributed by atoms with Gasteiger partial charge >= 0.3 is 0 Å². The van der Waals surface area contributed by atoms with E-state index in [0.29, 0.717) is 23.6 Å². The normalized spacial score (nSPS) is 33.9. The molecule has 1 unspecified atom stereocenters. The maximum atomic E-state index is 12.2. The van der Waals surface area contributed by atoms with Gasteiger partial charge in [-0.3, -0.25) is 9.36 Å². The minimum atomic E-state index is -3.29. The summed E-state index contributed by atoms with van der Waals surface area (Å²) in [4.78, 5) is 22.3. The molecule has 1 aromatic carbocycles. The smallest absolute Gasteiger partial charge is 0.226 e. The zero-order chi connectivity index (χ0) is 23.9. The van der Waals surface area contributed by atoms with Gasteiger partial charge in [-0.25, -0.2) is 0 Å². The van der Waals surface area contributed by atoms with Crippen LogP contribution in [0, 0.1) is 17.3 Å². The molecule has 1 N–H and O–H groups in total. The maximum Gasteiger partial charge on any atom is 0.226 e. The van der Waals surface area contributed by atoms with Crippen molar-refractivity contribution in [3.8, 4) is 0 Å². The van der Waals surface area contributed by atoms with Crippen LogP contribution in [0.3, 0.4) is 0 Å². The Labute approximate surface area is 256 Å². The molecule has 1 heterocycles. The Kier molecular flexibility index (Phi) is 11.8. The van der Waals surface area contributed by atoms with Crippen molar-refractivity contribution in [3.05, 3.63) is 64.8 Å². The van der Waals surface area contributed by atoms with Gasteiger partial charge in [-0.2, -0.15) is 40.5 Å². The van der Waals surface area contributed by atoms with Gasteiger partial charge in [0.25, 0.3) is 0 Å². The van der Waals surface area contributed by atoms with Gasteiger partial charge in [-0.15, -0.1) is 0 Å². The summed E-state index contributed by atoms with van der Waals surface area (Å²) in [6.45, 7) is 9.12. The SMILES string of the molecule is C.C.C=C1CCO[C@]12CC[C@H]1[C@@H]3CCC4=CC(=O)CCC4=C3[C@@H](c3ccc(P(C)(=O)O)cc3)C[C@@]12C.S.S.S. The fourth-order valence-electron chi connectivity index (χ4n) is 8.40. The van der Waals surface area contributed by atoms with E-state index >= 15 is 0 Å². The summed E-state index contributed by atoms with van der Waals surface area (Å²) in [5, 5.41) is 0.502. The Hall–Kier alpha value is -0.690. The van der Waals surface area contributed by atoms with E-state index in [1.165, 1.54) is 35.4 Å². The molecular weight excluding hydrogens is 564 g/mol. The van der Waals surface area contributed by atoms with E-state index in [0.717, 1.165) is 45.1 Å². The van der Waals surface area contributed by atoms with Gasteiger partial charge in [0, 0.05) is 29.7 Å². The van der Waals surface area contributed by atoms with Crippen molar-refractivity contribution in [3.63, 3.8) is 0 Å². The Bertz CT molecular complexity index is 1200. The summed E-state index contributed by atoms with van der Waals surface area (Å²) in [7, 11) is -3.29. The van der Waals surface area contributed by atoms with E-state index in [-0.39, 0.29) is 78.1 Å². The van der Waals surface area contributed by atoms with Gasteiger partial charge in [0.1, 0.15) is 0 Å². The fraction of sp³-hybridized carbons (Fsp3) is 0.581. The molecule has 0 radical (unpaired) electrons. The van der Waals surface area contributed by atoms with E-state index in [1.807, 2.05) is 18.2 Å². The van der Waals surface area contributed by atoms with Crippen molar-refractivity contribution < 1.29 is 19.0 Å². The zero-order valence-corrected chi connectivity index (χ0v) is 25.7. The second-order valence-electron chi connectivity index (χ2n) is 11.5. The fourth-order valence-corrected chi connectivity index (χ4v) is 9.10. The van der Waals surface area contributed by atoms with Crippen LogP contribution in [-0.4, -0.2) is 29.5 Å². The van der Waals surface area contributed by atoms with E-state index < -0.39 is 7.37 Å². The highest BCUT2D eigenvalue weighted by Crippen LogP contribution is 2.70. The van der Waals surface area contributed by atoms with Crippen LogP contribution >= 0.6 is 47.9 Å². The molecule has 0 aromatic heterocycles. The lowest BCUT2D eigenvalue weighted by Crippen LogP contribution is -2.52. The number of carbonyl (C=O) groups excluding carboxylic acids is 1. The molecule has 0 amide bonds. The molecule has 39 heavy (non-hydrogen) atoms. The van der Waals surface area contributed by atoms with Crippen LogP contribution in [-0.2, 0) is 14.1 Å². The highest BCUT2D eigenvalue weighted by molar-refractivity contribution is 7.65. The third-order valence-electron chi connectivity index (χ3n) is 9.95. The first-order valence-corrected chi connectivity index (χ1v) is 14.9. The van der Waals surface area contributed by atoms with Gasteiger partial charge in [-0.05, 0) is 97.3 Å². The molecular formula is C31H49O4PS3. The number of ether oxygens (including phenoxy) is 1. The van der Waals surface area contributed by atoms with Crippen molar-refractivity contribution >= 4 is 58.9 Å². The van der Waals surface area contributed by atoms with Crippen molar-refractivity contribution in [1.82, 2.24) is 0 Å². The predicted octanol–water partition coefficient (Wildman–Crippen LogP) is 7.44. The molecule has 1 saturated heterocycles. The minimum Gasteiger partial charge on any atom is -0.370 e. The van der Waals surface area contributed by atoms with Crippen molar-refractivity contribution in [1.29, 1.82) is 0 Å². The molecule has 220 valence electrons. The second kappa shape index (κ2) is 12.7. The number of hydrogen-bond acceptors (Lipinski definition) is 3. The van der Waals surface area contributed by atoms with Crippen LogP contribution in [0.25, 0.3) is 0 Å². The third kappa shape index (κ3) is 5.46. The maximum absolute atomic E-state index is 12.2. The van der Waals surface area contributed by atoms with E-state index in [2.05, 4.69) is 25.6 Å². The Morgan fingerprint density at radius 3 is 2.28 bits per heavy atom. The number of allylic oxidation sites excluding steroid dienone is 4. The number of fused-ring (bicyclic) bond motifs is 5. The summed E-state index contributed by atoms with van der Waals surface area (Å²) in [5.74, 6) is 1.55. The topological polar surface area (TPSA) is 63.6 Å². The minimum absolute atomic E-state index is 0. The van der Waals surface area contributed by atoms with Crippen LogP contribution in [0.2, 0.25) is 0 Å². The lowest BCUT2D eigenvalue weighted by atomic mass is 9.50. The van der Waals surface area contributed by atoms with Gasteiger partial charge in [-0.1, -0.05) is 46.1 Å². The molecule has 3 fully saturated rings. The van der Waals surface area contributed by atoms with Crippen LogP contribution < -0.4 is 5.30 Å². The molecule has 5 aliphatic rings. The molecule has 6 rings (SSSR count). The molecule has 0 bridgehead atoms. The lowest BCUT2D eigenvalue weighted by molar-refractivity contribution is -0.114. The largest absolute Gasteiger partial charge is 0.370 e. The lowest BCUT2D eigenvalue weighted by Gasteiger charge is -2.55. The highest BCUT2D eigenvalue weighted by Gasteiger charge is 2.65. The number of benzene rings is 1. The number of hydrogen-bond donors (Lipinski definition) is 1. The van der Waals surface area contributed by atoms with E-state index in [1.54, 1.807) is 5.57 Å². The Balaban J connectivity index is 0.00000152. The molecule has 1 spiro atoms. The van der Waals surface area contributed by atoms with Crippen LogP contribution in [0.5, 0.6) is 0 Å². The van der Waals surface area contributed by atoms with Crippen molar-refractivity contribution in [2.24, 2.45) is 17.3 Å². The number of ketones is 1. The third-order valence-corrected chi connectivity index (χ3v) is 11.2. The van der Waals surface area contributed by atoms with Gasteiger partial charge in [0.15, 0.2) is 5.78 Å².